The van der Waals surface area contributed by atoms with Crippen molar-refractivity contribution in [1.82, 2.24) is 9.88 Å². The molecule has 27 heavy (non-hydrogen) atoms. The molecule has 1 atom stereocenters. The molecule has 2 aromatic carbocycles. The number of rotatable bonds is 5. The van der Waals surface area contributed by atoms with Crippen molar-refractivity contribution in [2.75, 3.05) is 7.11 Å². The minimum atomic E-state index is -0.385. The number of aromatic nitrogens is 1. The van der Waals surface area contributed by atoms with Gasteiger partial charge in [-0.25, -0.2) is 0 Å². The molecule has 1 heterocycles. The molecule has 1 N–H and O–H groups in total. The summed E-state index contributed by atoms with van der Waals surface area (Å²) >= 11 is 0. The summed E-state index contributed by atoms with van der Waals surface area (Å²) in [5.74, 6) is 0.314. The van der Waals surface area contributed by atoms with Crippen molar-refractivity contribution >= 4 is 16.8 Å². The molecule has 0 bridgehead atoms. The Balaban J connectivity index is 2.01. The first-order chi connectivity index (χ1) is 13.0. The van der Waals surface area contributed by atoms with Gasteiger partial charge in [-0.15, -0.1) is 0 Å². The van der Waals surface area contributed by atoms with Crippen molar-refractivity contribution in [2.45, 2.75) is 33.4 Å². The third-order valence-electron chi connectivity index (χ3n) is 4.77. The van der Waals surface area contributed by atoms with E-state index in [2.05, 4.69) is 5.32 Å². The number of nitrogens with zero attached hydrogens (tertiary/aromatic N) is 1. The summed E-state index contributed by atoms with van der Waals surface area (Å²) in [6.45, 7) is 6.47. The van der Waals surface area contributed by atoms with Crippen LogP contribution in [0.4, 0.5) is 0 Å². The lowest BCUT2D eigenvalue weighted by Crippen LogP contribution is -2.32. The number of carbonyl (C=O) groups excluding carboxylic acids is 1. The van der Waals surface area contributed by atoms with Crippen LogP contribution in [0.3, 0.4) is 0 Å². The molecule has 0 unspecified atom stereocenters. The van der Waals surface area contributed by atoms with Gasteiger partial charge < -0.3 is 14.6 Å². The molecule has 1 aromatic heterocycles. The van der Waals surface area contributed by atoms with Crippen molar-refractivity contribution in [2.24, 2.45) is 0 Å². The molecule has 0 spiro atoms. The fraction of sp³-hybridized carbons (Fsp3) is 0.273. The highest BCUT2D eigenvalue weighted by Crippen LogP contribution is 2.24. The van der Waals surface area contributed by atoms with Crippen LogP contribution in [0.1, 0.15) is 41.4 Å². The molecule has 0 aliphatic heterocycles. The zero-order chi connectivity index (χ0) is 19.6. The van der Waals surface area contributed by atoms with Crippen LogP contribution in [-0.4, -0.2) is 17.6 Å². The van der Waals surface area contributed by atoms with E-state index in [4.69, 9.17) is 4.74 Å². The van der Waals surface area contributed by atoms with E-state index in [0.717, 1.165) is 16.6 Å². The first kappa shape index (κ1) is 18.7. The lowest BCUT2D eigenvalue weighted by molar-refractivity contribution is 0.0938. The van der Waals surface area contributed by atoms with E-state index >= 15 is 0 Å². The number of amides is 1. The lowest BCUT2D eigenvalue weighted by Gasteiger charge is -2.18. The molecule has 1 amide bonds. The SMILES string of the molecule is CCn1cc(C(=O)N[C@H](C)c2ccccc2OC)c(=O)c2cc(C)ccc21. The van der Waals surface area contributed by atoms with Crippen LogP contribution in [0.2, 0.25) is 0 Å². The lowest BCUT2D eigenvalue weighted by atomic mass is 10.1. The highest BCUT2D eigenvalue weighted by Gasteiger charge is 2.19. The fourth-order valence-electron chi connectivity index (χ4n) is 3.31. The summed E-state index contributed by atoms with van der Waals surface area (Å²) in [6.07, 6.45) is 1.64. The average Bonchev–Trinajstić information content (AvgIpc) is 2.68. The standard InChI is InChI=1S/C22H24N2O3/c1-5-24-13-18(21(25)17-12-14(2)10-11-19(17)24)22(26)23-15(3)16-8-6-7-9-20(16)27-4/h6-13,15H,5H2,1-4H3,(H,23,26)/t15-/m1/s1. The van der Waals surface area contributed by atoms with E-state index in [0.29, 0.717) is 17.7 Å². The van der Waals surface area contributed by atoms with Crippen LogP contribution in [0.25, 0.3) is 10.9 Å². The minimum Gasteiger partial charge on any atom is -0.496 e. The van der Waals surface area contributed by atoms with Crippen molar-refractivity contribution in [3.05, 3.63) is 75.6 Å². The van der Waals surface area contributed by atoms with Crippen LogP contribution in [0.5, 0.6) is 5.75 Å². The number of para-hydroxylation sites is 1. The maximum atomic E-state index is 12.9. The molecule has 0 radical (unpaired) electrons. The predicted molar refractivity (Wildman–Crippen MR) is 107 cm³/mol. The molecular weight excluding hydrogens is 340 g/mol. The maximum absolute atomic E-state index is 12.9. The second-order valence-electron chi connectivity index (χ2n) is 6.62. The molecule has 0 fully saturated rings. The van der Waals surface area contributed by atoms with Crippen LogP contribution in [0.15, 0.2) is 53.5 Å². The van der Waals surface area contributed by atoms with Gasteiger partial charge in [0.2, 0.25) is 5.43 Å². The number of carbonyl (C=O) groups is 1. The quantitative estimate of drug-likeness (QED) is 0.748. The second-order valence-corrected chi connectivity index (χ2v) is 6.62. The van der Waals surface area contributed by atoms with E-state index in [9.17, 15) is 9.59 Å². The number of hydrogen-bond donors (Lipinski definition) is 1. The van der Waals surface area contributed by atoms with Crippen molar-refractivity contribution in [1.29, 1.82) is 0 Å². The molecule has 0 aliphatic rings. The summed E-state index contributed by atoms with van der Waals surface area (Å²) in [7, 11) is 1.60. The summed E-state index contributed by atoms with van der Waals surface area (Å²) in [6, 6.07) is 13.0. The Labute approximate surface area is 158 Å². The van der Waals surface area contributed by atoms with Gasteiger partial charge in [0.15, 0.2) is 0 Å². The number of ether oxygens (including phenoxy) is 1. The van der Waals surface area contributed by atoms with Gasteiger partial charge in [-0.2, -0.15) is 0 Å². The number of aryl methyl sites for hydroxylation is 2. The van der Waals surface area contributed by atoms with Gasteiger partial charge >= 0.3 is 0 Å². The molecule has 5 nitrogen and oxygen atoms in total. The number of hydrogen-bond acceptors (Lipinski definition) is 3. The Morgan fingerprint density at radius 2 is 1.96 bits per heavy atom. The minimum absolute atomic E-state index is 0.150. The normalized spacial score (nSPS) is 12.0. The fourth-order valence-corrected chi connectivity index (χ4v) is 3.31. The third kappa shape index (κ3) is 3.58. The van der Waals surface area contributed by atoms with Crippen molar-refractivity contribution < 1.29 is 9.53 Å². The Morgan fingerprint density at radius 3 is 2.67 bits per heavy atom. The Hall–Kier alpha value is -3.08. The largest absolute Gasteiger partial charge is 0.496 e. The number of benzene rings is 2. The summed E-state index contributed by atoms with van der Waals surface area (Å²) in [5.41, 5.74) is 2.59. The molecule has 3 aromatic rings. The third-order valence-corrected chi connectivity index (χ3v) is 4.77. The van der Waals surface area contributed by atoms with Gasteiger partial charge in [0.05, 0.1) is 18.7 Å². The van der Waals surface area contributed by atoms with E-state index < -0.39 is 0 Å². The molecule has 5 heteroatoms. The zero-order valence-corrected chi connectivity index (χ0v) is 16.1. The van der Waals surface area contributed by atoms with E-state index in [1.54, 1.807) is 13.3 Å². The van der Waals surface area contributed by atoms with Crippen LogP contribution >= 0.6 is 0 Å². The summed E-state index contributed by atoms with van der Waals surface area (Å²) in [5, 5.41) is 3.49. The average molecular weight is 364 g/mol. The molecular formula is C22H24N2O3. The predicted octanol–water partition coefficient (Wildman–Crippen LogP) is 3.83. The van der Waals surface area contributed by atoms with Crippen LogP contribution < -0.4 is 15.5 Å². The first-order valence-corrected chi connectivity index (χ1v) is 9.03. The Morgan fingerprint density at radius 1 is 1.22 bits per heavy atom. The first-order valence-electron chi connectivity index (χ1n) is 9.03. The summed E-state index contributed by atoms with van der Waals surface area (Å²) < 4.78 is 7.30. The Bertz CT molecular complexity index is 1050. The second kappa shape index (κ2) is 7.66. The smallest absolute Gasteiger partial charge is 0.257 e. The molecule has 0 saturated heterocycles. The zero-order valence-electron chi connectivity index (χ0n) is 16.1. The van der Waals surface area contributed by atoms with Crippen LogP contribution in [-0.2, 0) is 6.54 Å². The van der Waals surface area contributed by atoms with Crippen LogP contribution in [0, 0.1) is 6.92 Å². The van der Waals surface area contributed by atoms with Gasteiger partial charge in [0.25, 0.3) is 5.91 Å². The maximum Gasteiger partial charge on any atom is 0.257 e. The number of fused-ring (bicyclic) bond motifs is 1. The highest BCUT2D eigenvalue weighted by molar-refractivity contribution is 5.97. The van der Waals surface area contributed by atoms with Gasteiger partial charge in [-0.05, 0) is 39.0 Å². The molecule has 0 saturated carbocycles. The van der Waals surface area contributed by atoms with Gasteiger partial charge in [-0.3, -0.25) is 9.59 Å². The van der Waals surface area contributed by atoms with Crippen molar-refractivity contribution in [3.8, 4) is 5.75 Å². The number of pyridine rings is 1. The van der Waals surface area contributed by atoms with Gasteiger partial charge in [0, 0.05) is 23.7 Å². The highest BCUT2D eigenvalue weighted by atomic mass is 16.5. The van der Waals surface area contributed by atoms with Gasteiger partial charge in [0.1, 0.15) is 11.3 Å². The molecule has 3 rings (SSSR count). The molecule has 0 aliphatic carbocycles. The van der Waals surface area contributed by atoms with Crippen molar-refractivity contribution in [3.63, 3.8) is 0 Å². The summed E-state index contributed by atoms with van der Waals surface area (Å²) in [4.78, 5) is 25.8. The molecule has 140 valence electrons. The number of nitrogens with one attached hydrogen (secondary N) is 1. The Kier molecular flexibility index (Phi) is 5.31. The van der Waals surface area contributed by atoms with E-state index in [1.807, 2.05) is 67.8 Å². The topological polar surface area (TPSA) is 60.3 Å². The monoisotopic (exact) mass is 364 g/mol. The van der Waals surface area contributed by atoms with E-state index in [1.165, 1.54) is 0 Å². The number of methoxy groups -OCH3 is 1. The van der Waals surface area contributed by atoms with Gasteiger partial charge in [-0.1, -0.05) is 29.8 Å². The van der Waals surface area contributed by atoms with E-state index in [-0.39, 0.29) is 22.9 Å².